The van der Waals surface area contributed by atoms with Gasteiger partial charge in [0, 0.05) is 37.5 Å². The number of hydrogen-bond acceptors (Lipinski definition) is 7. The maximum absolute atomic E-state index is 12.5. The van der Waals surface area contributed by atoms with E-state index in [0.29, 0.717) is 29.1 Å². The van der Waals surface area contributed by atoms with Crippen molar-refractivity contribution in [2.45, 2.75) is 19.8 Å². The van der Waals surface area contributed by atoms with Gasteiger partial charge in [0.1, 0.15) is 19.0 Å². The molecule has 0 saturated heterocycles. The number of amides is 1. The molecule has 8 nitrogen and oxygen atoms in total. The minimum atomic E-state index is -0.236. The standard InChI is InChI=1S/C27H30N4O4/c1-4-5-26(32)35-19-18-34-25-16-6-20(7-17-25)27(33)28-21-8-10-22(11-9-21)29-30-23-12-14-24(15-13-23)31(2)3/h6-17H,4-5,18-19H2,1-3H3,(H,28,33). The summed E-state index contributed by atoms with van der Waals surface area (Å²) in [5.41, 5.74) is 3.69. The first-order valence-corrected chi connectivity index (χ1v) is 11.4. The number of carbonyl (C=O) groups excluding carboxylic acids is 2. The molecule has 1 amide bonds. The van der Waals surface area contributed by atoms with Crippen molar-refractivity contribution in [2.24, 2.45) is 10.2 Å². The van der Waals surface area contributed by atoms with E-state index in [9.17, 15) is 9.59 Å². The Hall–Kier alpha value is -4.20. The third kappa shape index (κ3) is 8.26. The topological polar surface area (TPSA) is 92.6 Å². The van der Waals surface area contributed by atoms with Gasteiger partial charge in [0.05, 0.1) is 11.4 Å². The van der Waals surface area contributed by atoms with E-state index in [1.807, 2.05) is 50.2 Å². The van der Waals surface area contributed by atoms with E-state index in [4.69, 9.17) is 9.47 Å². The minimum absolute atomic E-state index is 0.194. The van der Waals surface area contributed by atoms with Crippen LogP contribution in [-0.2, 0) is 9.53 Å². The van der Waals surface area contributed by atoms with Gasteiger partial charge in [-0.1, -0.05) is 6.92 Å². The molecule has 0 saturated carbocycles. The number of hydrogen-bond donors (Lipinski definition) is 1. The first kappa shape index (κ1) is 25.4. The SMILES string of the molecule is CCCC(=O)OCCOc1ccc(C(=O)Nc2ccc(N=Nc3ccc(N(C)C)cc3)cc2)cc1. The second-order valence-corrected chi connectivity index (χ2v) is 7.96. The number of esters is 1. The molecular weight excluding hydrogens is 444 g/mol. The van der Waals surface area contributed by atoms with Crippen molar-refractivity contribution >= 4 is 34.6 Å². The van der Waals surface area contributed by atoms with E-state index >= 15 is 0 Å². The summed E-state index contributed by atoms with van der Waals surface area (Å²) < 4.78 is 10.6. The molecular formula is C27H30N4O4. The number of nitrogens with zero attached hydrogens (tertiary/aromatic N) is 3. The smallest absolute Gasteiger partial charge is 0.305 e. The van der Waals surface area contributed by atoms with Crippen molar-refractivity contribution in [1.29, 1.82) is 0 Å². The van der Waals surface area contributed by atoms with Crippen LogP contribution in [0.15, 0.2) is 83.0 Å². The molecule has 1 N–H and O–H groups in total. The van der Waals surface area contributed by atoms with Gasteiger partial charge in [-0.05, 0) is 79.2 Å². The maximum atomic E-state index is 12.5. The van der Waals surface area contributed by atoms with Gasteiger partial charge in [0.2, 0.25) is 0 Å². The van der Waals surface area contributed by atoms with Crippen molar-refractivity contribution in [1.82, 2.24) is 0 Å². The number of nitrogens with one attached hydrogen (secondary N) is 1. The van der Waals surface area contributed by atoms with Crippen LogP contribution in [0, 0.1) is 0 Å². The lowest BCUT2D eigenvalue weighted by Gasteiger charge is -2.11. The average Bonchev–Trinajstić information content (AvgIpc) is 2.87. The molecule has 0 fully saturated rings. The average molecular weight is 475 g/mol. The zero-order valence-corrected chi connectivity index (χ0v) is 20.2. The number of benzene rings is 3. The summed E-state index contributed by atoms with van der Waals surface area (Å²) in [5.74, 6) is 0.133. The van der Waals surface area contributed by atoms with Gasteiger partial charge in [-0.2, -0.15) is 10.2 Å². The summed E-state index contributed by atoms with van der Waals surface area (Å²) in [6.45, 7) is 2.37. The summed E-state index contributed by atoms with van der Waals surface area (Å²) in [7, 11) is 3.97. The van der Waals surface area contributed by atoms with Gasteiger partial charge in [-0.25, -0.2) is 0 Å². The van der Waals surface area contributed by atoms with Gasteiger partial charge in [0.25, 0.3) is 5.91 Å². The molecule has 3 rings (SSSR count). The van der Waals surface area contributed by atoms with Gasteiger partial charge >= 0.3 is 5.97 Å². The van der Waals surface area contributed by atoms with E-state index in [2.05, 4.69) is 15.5 Å². The lowest BCUT2D eigenvalue weighted by Crippen LogP contribution is -2.13. The summed E-state index contributed by atoms with van der Waals surface area (Å²) in [5, 5.41) is 11.4. The normalized spacial score (nSPS) is 10.7. The van der Waals surface area contributed by atoms with Crippen LogP contribution in [0.2, 0.25) is 0 Å². The number of ether oxygens (including phenoxy) is 2. The Morgan fingerprint density at radius 3 is 2.00 bits per heavy atom. The molecule has 0 radical (unpaired) electrons. The quantitative estimate of drug-likeness (QED) is 0.205. The fourth-order valence-corrected chi connectivity index (χ4v) is 3.04. The molecule has 35 heavy (non-hydrogen) atoms. The molecule has 0 unspecified atom stereocenters. The predicted octanol–water partition coefficient (Wildman–Crippen LogP) is 6.14. The molecule has 0 aromatic heterocycles. The van der Waals surface area contributed by atoms with E-state index in [-0.39, 0.29) is 25.1 Å². The Kier molecular flexibility index (Phi) is 9.36. The third-order valence-corrected chi connectivity index (χ3v) is 4.96. The van der Waals surface area contributed by atoms with Gasteiger partial charge in [0.15, 0.2) is 0 Å². The molecule has 0 aliphatic heterocycles. The lowest BCUT2D eigenvalue weighted by molar-refractivity contribution is -0.144. The maximum Gasteiger partial charge on any atom is 0.305 e. The Balaban J connectivity index is 1.47. The molecule has 0 aliphatic carbocycles. The van der Waals surface area contributed by atoms with Crippen molar-refractivity contribution < 1.29 is 19.1 Å². The fourth-order valence-electron chi connectivity index (χ4n) is 3.04. The van der Waals surface area contributed by atoms with Crippen LogP contribution in [-0.4, -0.2) is 39.2 Å². The number of azo groups is 1. The van der Waals surface area contributed by atoms with Crippen LogP contribution >= 0.6 is 0 Å². The highest BCUT2D eigenvalue weighted by Crippen LogP contribution is 2.23. The zero-order valence-electron chi connectivity index (χ0n) is 20.2. The Morgan fingerprint density at radius 2 is 1.43 bits per heavy atom. The van der Waals surface area contributed by atoms with Gasteiger partial charge < -0.3 is 19.7 Å². The first-order valence-electron chi connectivity index (χ1n) is 11.4. The van der Waals surface area contributed by atoms with Crippen molar-refractivity contribution in [2.75, 3.05) is 37.5 Å². The molecule has 0 atom stereocenters. The highest BCUT2D eigenvalue weighted by atomic mass is 16.6. The Morgan fingerprint density at radius 1 is 0.829 bits per heavy atom. The van der Waals surface area contributed by atoms with E-state index in [1.165, 1.54) is 0 Å². The first-order chi connectivity index (χ1) is 16.9. The highest BCUT2D eigenvalue weighted by Gasteiger charge is 2.07. The third-order valence-electron chi connectivity index (χ3n) is 4.96. The molecule has 3 aromatic carbocycles. The molecule has 0 bridgehead atoms. The number of anilines is 2. The lowest BCUT2D eigenvalue weighted by atomic mass is 10.2. The van der Waals surface area contributed by atoms with Crippen LogP contribution in [0.1, 0.15) is 30.1 Å². The van der Waals surface area contributed by atoms with E-state index in [0.717, 1.165) is 17.8 Å². The largest absolute Gasteiger partial charge is 0.490 e. The molecule has 0 spiro atoms. The molecule has 0 heterocycles. The Labute approximate surface area is 205 Å². The zero-order chi connectivity index (χ0) is 25.0. The van der Waals surface area contributed by atoms with Crippen molar-refractivity contribution in [3.8, 4) is 5.75 Å². The second kappa shape index (κ2) is 12.9. The van der Waals surface area contributed by atoms with Gasteiger partial charge in [-0.3, -0.25) is 9.59 Å². The van der Waals surface area contributed by atoms with Crippen LogP contribution in [0.3, 0.4) is 0 Å². The fraction of sp³-hybridized carbons (Fsp3) is 0.259. The number of rotatable bonds is 11. The van der Waals surface area contributed by atoms with Crippen molar-refractivity contribution in [3.05, 3.63) is 78.4 Å². The Bertz CT molecular complexity index is 1130. The van der Waals surface area contributed by atoms with E-state index in [1.54, 1.807) is 48.5 Å². The van der Waals surface area contributed by atoms with Gasteiger partial charge in [-0.15, -0.1) is 0 Å². The van der Waals surface area contributed by atoms with Crippen molar-refractivity contribution in [3.63, 3.8) is 0 Å². The predicted molar refractivity (Wildman–Crippen MR) is 137 cm³/mol. The molecule has 3 aromatic rings. The van der Waals surface area contributed by atoms with Crippen LogP contribution in [0.5, 0.6) is 5.75 Å². The van der Waals surface area contributed by atoms with Crippen LogP contribution in [0.4, 0.5) is 22.7 Å². The summed E-state index contributed by atoms with van der Waals surface area (Å²) in [6, 6.07) is 21.7. The van der Waals surface area contributed by atoms with Crippen LogP contribution < -0.4 is 15.0 Å². The summed E-state index contributed by atoms with van der Waals surface area (Å²) in [6.07, 6.45) is 1.16. The molecule has 8 heteroatoms. The molecule has 182 valence electrons. The molecule has 0 aliphatic rings. The number of carbonyl (C=O) groups is 2. The highest BCUT2D eigenvalue weighted by molar-refractivity contribution is 6.04. The van der Waals surface area contributed by atoms with Crippen LogP contribution in [0.25, 0.3) is 0 Å². The minimum Gasteiger partial charge on any atom is -0.490 e. The monoisotopic (exact) mass is 474 g/mol. The summed E-state index contributed by atoms with van der Waals surface area (Å²) in [4.78, 5) is 25.9. The summed E-state index contributed by atoms with van der Waals surface area (Å²) >= 11 is 0. The second-order valence-electron chi connectivity index (χ2n) is 7.96. The van der Waals surface area contributed by atoms with E-state index < -0.39 is 0 Å².